The number of alkyl halides is 3. The topological polar surface area (TPSA) is 41.9 Å². The summed E-state index contributed by atoms with van der Waals surface area (Å²) in [7, 11) is 3.45. The first-order chi connectivity index (χ1) is 9.27. The summed E-state index contributed by atoms with van der Waals surface area (Å²) >= 11 is 5.78. The summed E-state index contributed by atoms with van der Waals surface area (Å²) in [6.45, 7) is 0. The first-order valence-electron chi connectivity index (χ1n) is 5.54. The maximum atomic E-state index is 12.5. The minimum absolute atomic E-state index is 0.0152. The molecule has 4 nitrogen and oxygen atoms in total. The highest BCUT2D eigenvalue weighted by molar-refractivity contribution is 6.28. The molecule has 0 atom stereocenters. The predicted octanol–water partition coefficient (Wildman–Crippen LogP) is 3.28. The Kier molecular flexibility index (Phi) is 3.80. The van der Waals surface area contributed by atoms with E-state index in [1.54, 1.807) is 19.0 Å². The van der Waals surface area contributed by atoms with Gasteiger partial charge in [0.15, 0.2) is 5.82 Å². The van der Waals surface area contributed by atoms with Gasteiger partial charge in [0.1, 0.15) is 0 Å². The van der Waals surface area contributed by atoms with Gasteiger partial charge in [-0.25, -0.2) is 0 Å². The molecule has 106 valence electrons. The average Bonchev–Trinajstić information content (AvgIpc) is 2.37. The quantitative estimate of drug-likeness (QED) is 0.854. The molecule has 0 bridgehead atoms. The molecule has 0 N–H and O–H groups in total. The van der Waals surface area contributed by atoms with Crippen LogP contribution in [-0.2, 0) is 6.18 Å². The third-order valence-corrected chi connectivity index (χ3v) is 2.64. The number of hydrogen-bond donors (Lipinski definition) is 0. The Hall–Kier alpha value is -1.89. The maximum absolute atomic E-state index is 12.5. The molecular weight excluding hydrogens is 293 g/mol. The van der Waals surface area contributed by atoms with Crippen molar-refractivity contribution in [2.24, 2.45) is 0 Å². The Bertz CT molecular complexity index is 611. The Morgan fingerprint density at radius 1 is 1.00 bits per heavy atom. The van der Waals surface area contributed by atoms with Gasteiger partial charge in [-0.3, -0.25) is 0 Å². The molecule has 0 saturated heterocycles. The van der Waals surface area contributed by atoms with Gasteiger partial charge in [-0.15, -0.1) is 0 Å². The normalized spacial score (nSPS) is 11.5. The van der Waals surface area contributed by atoms with E-state index in [0.29, 0.717) is 11.5 Å². The molecule has 0 spiro atoms. The van der Waals surface area contributed by atoms with E-state index in [1.807, 2.05) is 0 Å². The summed E-state index contributed by atoms with van der Waals surface area (Å²) in [5.41, 5.74) is -0.292. The van der Waals surface area contributed by atoms with Crippen LogP contribution in [0.3, 0.4) is 0 Å². The smallest absolute Gasteiger partial charge is 0.347 e. The number of aromatic nitrogens is 3. The molecule has 0 unspecified atom stereocenters. The van der Waals surface area contributed by atoms with Crippen LogP contribution in [0.2, 0.25) is 5.28 Å². The maximum Gasteiger partial charge on any atom is 0.416 e. The number of nitrogens with zero attached hydrogens (tertiary/aromatic N) is 4. The van der Waals surface area contributed by atoms with Crippen molar-refractivity contribution < 1.29 is 13.2 Å². The highest BCUT2D eigenvalue weighted by atomic mass is 35.5. The van der Waals surface area contributed by atoms with E-state index in [4.69, 9.17) is 11.6 Å². The molecule has 0 aliphatic rings. The fourth-order valence-electron chi connectivity index (χ4n) is 1.48. The highest BCUT2D eigenvalue weighted by Gasteiger charge is 2.30. The second-order valence-corrected chi connectivity index (χ2v) is 4.54. The molecule has 1 aromatic heterocycles. The second kappa shape index (κ2) is 5.24. The Labute approximate surface area is 118 Å². The van der Waals surface area contributed by atoms with Crippen LogP contribution in [0.4, 0.5) is 19.1 Å². The van der Waals surface area contributed by atoms with Crippen molar-refractivity contribution in [3.63, 3.8) is 0 Å². The van der Waals surface area contributed by atoms with Gasteiger partial charge in [-0.1, -0.05) is 12.1 Å². The van der Waals surface area contributed by atoms with Crippen molar-refractivity contribution in [2.75, 3.05) is 19.0 Å². The van der Waals surface area contributed by atoms with Crippen LogP contribution in [0.1, 0.15) is 5.56 Å². The van der Waals surface area contributed by atoms with E-state index in [1.165, 1.54) is 12.1 Å². The number of benzene rings is 1. The monoisotopic (exact) mass is 302 g/mol. The van der Waals surface area contributed by atoms with E-state index in [-0.39, 0.29) is 11.1 Å². The van der Waals surface area contributed by atoms with Crippen molar-refractivity contribution in [1.82, 2.24) is 15.0 Å². The molecular formula is C12H10ClF3N4. The molecule has 0 amide bonds. The van der Waals surface area contributed by atoms with E-state index in [0.717, 1.165) is 12.1 Å². The number of hydrogen-bond acceptors (Lipinski definition) is 4. The van der Waals surface area contributed by atoms with Crippen LogP contribution in [0, 0.1) is 0 Å². The second-order valence-electron chi connectivity index (χ2n) is 4.20. The lowest BCUT2D eigenvalue weighted by atomic mass is 10.1. The van der Waals surface area contributed by atoms with E-state index in [9.17, 15) is 13.2 Å². The number of halogens is 4. The summed E-state index contributed by atoms with van der Waals surface area (Å²) < 4.78 is 37.5. The molecule has 2 aromatic rings. The Balaban J connectivity index is 2.41. The zero-order valence-corrected chi connectivity index (χ0v) is 11.4. The zero-order valence-electron chi connectivity index (χ0n) is 10.6. The van der Waals surface area contributed by atoms with Crippen LogP contribution in [0.15, 0.2) is 24.3 Å². The third kappa shape index (κ3) is 3.16. The highest BCUT2D eigenvalue weighted by Crippen LogP contribution is 2.30. The van der Waals surface area contributed by atoms with Crippen LogP contribution >= 0.6 is 11.6 Å². The van der Waals surface area contributed by atoms with Gasteiger partial charge in [0.2, 0.25) is 11.2 Å². The first-order valence-corrected chi connectivity index (χ1v) is 5.91. The van der Waals surface area contributed by atoms with E-state index >= 15 is 0 Å². The summed E-state index contributed by atoms with van der Waals surface area (Å²) in [4.78, 5) is 13.6. The van der Waals surface area contributed by atoms with Crippen LogP contribution in [-0.4, -0.2) is 29.0 Å². The molecule has 8 heteroatoms. The van der Waals surface area contributed by atoms with Crippen LogP contribution < -0.4 is 4.90 Å². The van der Waals surface area contributed by atoms with Gasteiger partial charge in [0.05, 0.1) is 5.56 Å². The lowest BCUT2D eigenvalue weighted by Crippen LogP contribution is -2.14. The number of anilines is 1. The Morgan fingerprint density at radius 2 is 1.60 bits per heavy atom. The minimum Gasteiger partial charge on any atom is -0.347 e. The lowest BCUT2D eigenvalue weighted by Gasteiger charge is -2.11. The molecule has 1 heterocycles. The molecule has 0 saturated carbocycles. The molecule has 0 radical (unpaired) electrons. The standard InChI is InChI=1S/C12H10ClF3N4/c1-20(2)11-18-9(17-10(13)19-11)7-3-5-8(6-4-7)12(14,15)16/h3-6H,1-2H3. The van der Waals surface area contributed by atoms with Crippen LogP contribution in [0.5, 0.6) is 0 Å². The molecule has 2 rings (SSSR count). The lowest BCUT2D eigenvalue weighted by molar-refractivity contribution is -0.137. The van der Waals surface area contributed by atoms with E-state index in [2.05, 4.69) is 15.0 Å². The van der Waals surface area contributed by atoms with Crippen molar-refractivity contribution >= 4 is 17.5 Å². The van der Waals surface area contributed by atoms with Gasteiger partial charge in [-0.2, -0.15) is 28.1 Å². The van der Waals surface area contributed by atoms with Crippen molar-refractivity contribution in [3.05, 3.63) is 35.1 Å². The predicted molar refractivity (Wildman–Crippen MR) is 69.6 cm³/mol. The first kappa shape index (κ1) is 14.5. The van der Waals surface area contributed by atoms with Gasteiger partial charge in [-0.05, 0) is 23.7 Å². The minimum atomic E-state index is -4.37. The van der Waals surface area contributed by atoms with Gasteiger partial charge >= 0.3 is 6.18 Å². The summed E-state index contributed by atoms with van der Waals surface area (Å²) in [6.07, 6.45) is -4.37. The third-order valence-electron chi connectivity index (χ3n) is 2.47. The number of rotatable bonds is 2. The summed E-state index contributed by atoms with van der Waals surface area (Å²) in [5, 5.41) is -0.0152. The van der Waals surface area contributed by atoms with Gasteiger partial charge in [0, 0.05) is 19.7 Å². The van der Waals surface area contributed by atoms with Crippen LogP contribution in [0.25, 0.3) is 11.4 Å². The largest absolute Gasteiger partial charge is 0.416 e. The molecule has 1 aromatic carbocycles. The van der Waals surface area contributed by atoms with E-state index < -0.39 is 11.7 Å². The fraction of sp³-hybridized carbons (Fsp3) is 0.250. The molecule has 0 aliphatic heterocycles. The zero-order chi connectivity index (χ0) is 14.9. The van der Waals surface area contributed by atoms with Crippen molar-refractivity contribution in [1.29, 1.82) is 0 Å². The molecule has 0 aliphatic carbocycles. The average molecular weight is 303 g/mol. The van der Waals surface area contributed by atoms with Crippen molar-refractivity contribution in [3.8, 4) is 11.4 Å². The summed E-state index contributed by atoms with van der Waals surface area (Å²) in [5.74, 6) is 0.558. The fourth-order valence-corrected chi connectivity index (χ4v) is 1.63. The Morgan fingerprint density at radius 3 is 2.10 bits per heavy atom. The van der Waals surface area contributed by atoms with Crippen molar-refractivity contribution in [2.45, 2.75) is 6.18 Å². The van der Waals surface area contributed by atoms with Gasteiger partial charge in [0.25, 0.3) is 0 Å². The summed E-state index contributed by atoms with van der Waals surface area (Å²) in [6, 6.07) is 4.55. The molecule has 0 fully saturated rings. The SMILES string of the molecule is CN(C)c1nc(Cl)nc(-c2ccc(C(F)(F)F)cc2)n1. The van der Waals surface area contributed by atoms with Gasteiger partial charge < -0.3 is 4.90 Å². The molecule has 20 heavy (non-hydrogen) atoms.